The van der Waals surface area contributed by atoms with Gasteiger partial charge < -0.3 is 5.32 Å². The van der Waals surface area contributed by atoms with Gasteiger partial charge in [0.1, 0.15) is 12.4 Å². The number of allylic oxidation sites excluding steroid dienone is 2. The van der Waals surface area contributed by atoms with Gasteiger partial charge in [-0.05, 0) is 37.1 Å². The van der Waals surface area contributed by atoms with Crippen LogP contribution in [0.15, 0.2) is 41.8 Å². The number of fused-ring (bicyclic) bond motifs is 1. The first-order valence-electron chi connectivity index (χ1n) is 8.54. The number of nitrogens with zero attached hydrogens (tertiary/aromatic N) is 2. The summed E-state index contributed by atoms with van der Waals surface area (Å²) in [6, 6.07) is 5.89. The average molecular weight is 385 g/mol. The number of nitrogens with one attached hydrogen (secondary N) is 1. The minimum absolute atomic E-state index is 0.282. The molecule has 0 spiro atoms. The van der Waals surface area contributed by atoms with Crippen LogP contribution in [0.2, 0.25) is 0 Å². The lowest BCUT2D eigenvalue weighted by molar-refractivity contribution is -0.142. The van der Waals surface area contributed by atoms with E-state index >= 15 is 0 Å². The summed E-state index contributed by atoms with van der Waals surface area (Å²) in [5.41, 5.74) is 1.34. The second-order valence-corrected chi connectivity index (χ2v) is 7.37. The number of benzene rings is 1. The Morgan fingerprint density at radius 1 is 1.15 bits per heavy atom. The molecule has 1 aliphatic carbocycles. The number of halogens is 1. The molecule has 2 atom stereocenters. The largest absolute Gasteiger partial charge is 0.300 e. The molecule has 1 N–H and O–H groups in total. The fraction of sp³-hybridized carbons (Fsp3) is 0.263. The first-order chi connectivity index (χ1) is 13.0. The SMILES string of the molecule is O=C(CN1C(=O)C2CC=CCC2C1=O)Nc1nc(-c2ccc(F)cc2)cs1. The van der Waals surface area contributed by atoms with Gasteiger partial charge in [-0.2, -0.15) is 0 Å². The van der Waals surface area contributed by atoms with E-state index in [1.165, 1.54) is 23.5 Å². The molecular weight excluding hydrogens is 369 g/mol. The molecule has 2 aliphatic rings. The molecular formula is C19H16FN3O3S. The minimum Gasteiger partial charge on any atom is -0.300 e. The minimum atomic E-state index is -0.469. The normalized spacial score (nSPS) is 21.4. The summed E-state index contributed by atoms with van der Waals surface area (Å²) in [5.74, 6) is -2.06. The molecule has 1 aromatic heterocycles. The van der Waals surface area contributed by atoms with Gasteiger partial charge in [0.05, 0.1) is 17.5 Å². The van der Waals surface area contributed by atoms with Crippen molar-refractivity contribution in [3.63, 3.8) is 0 Å². The number of thiazole rings is 1. The fourth-order valence-corrected chi connectivity index (χ4v) is 4.15. The molecule has 1 aromatic carbocycles. The standard InChI is InChI=1S/C19H16FN3O3S/c20-12-7-5-11(6-8-12)15-10-27-19(21-15)22-16(24)9-23-17(25)13-3-1-2-4-14(13)18(23)26/h1-2,5-8,10,13-14H,3-4,9H2,(H,21,22,24). The number of aromatic nitrogens is 1. The quantitative estimate of drug-likeness (QED) is 0.648. The smallest absolute Gasteiger partial charge is 0.246 e. The second-order valence-electron chi connectivity index (χ2n) is 6.51. The van der Waals surface area contributed by atoms with E-state index in [0.29, 0.717) is 23.7 Å². The van der Waals surface area contributed by atoms with Crippen LogP contribution in [0.1, 0.15) is 12.8 Å². The Labute approximate surface area is 158 Å². The second kappa shape index (κ2) is 7.03. The van der Waals surface area contributed by atoms with Crippen LogP contribution in [0.5, 0.6) is 0 Å². The number of carbonyl (C=O) groups is 3. The van der Waals surface area contributed by atoms with Crippen LogP contribution in [-0.4, -0.2) is 34.2 Å². The van der Waals surface area contributed by atoms with E-state index in [1.807, 2.05) is 12.2 Å². The zero-order valence-corrected chi connectivity index (χ0v) is 15.0. The Morgan fingerprint density at radius 3 is 2.41 bits per heavy atom. The van der Waals surface area contributed by atoms with Crippen LogP contribution in [0.3, 0.4) is 0 Å². The lowest BCUT2D eigenvalue weighted by atomic mass is 9.85. The lowest BCUT2D eigenvalue weighted by Crippen LogP contribution is -2.38. The van der Waals surface area contributed by atoms with Crippen molar-refractivity contribution >= 4 is 34.2 Å². The van der Waals surface area contributed by atoms with Gasteiger partial charge >= 0.3 is 0 Å². The van der Waals surface area contributed by atoms with Gasteiger partial charge in [-0.1, -0.05) is 12.2 Å². The summed E-state index contributed by atoms with van der Waals surface area (Å²) < 4.78 is 13.0. The van der Waals surface area contributed by atoms with Crippen molar-refractivity contribution in [1.82, 2.24) is 9.88 Å². The number of anilines is 1. The van der Waals surface area contributed by atoms with Crippen molar-refractivity contribution < 1.29 is 18.8 Å². The maximum absolute atomic E-state index is 13.0. The predicted octanol–water partition coefficient (Wildman–Crippen LogP) is 2.84. The molecule has 0 saturated carbocycles. The van der Waals surface area contributed by atoms with Gasteiger partial charge in [0.15, 0.2) is 5.13 Å². The van der Waals surface area contributed by atoms with Crippen LogP contribution in [0.4, 0.5) is 9.52 Å². The highest BCUT2D eigenvalue weighted by Crippen LogP contribution is 2.35. The molecule has 6 nitrogen and oxygen atoms in total. The number of rotatable bonds is 4. The Bertz CT molecular complexity index is 912. The monoisotopic (exact) mass is 385 g/mol. The van der Waals surface area contributed by atoms with Crippen molar-refractivity contribution in [2.75, 3.05) is 11.9 Å². The van der Waals surface area contributed by atoms with Crippen molar-refractivity contribution in [1.29, 1.82) is 0 Å². The molecule has 4 rings (SSSR count). The molecule has 1 aliphatic heterocycles. The van der Waals surface area contributed by atoms with Gasteiger partial charge in [-0.3, -0.25) is 19.3 Å². The fourth-order valence-electron chi connectivity index (χ4n) is 3.41. The van der Waals surface area contributed by atoms with Crippen LogP contribution >= 0.6 is 11.3 Å². The van der Waals surface area contributed by atoms with E-state index in [0.717, 1.165) is 10.5 Å². The Morgan fingerprint density at radius 2 is 1.78 bits per heavy atom. The Balaban J connectivity index is 1.41. The summed E-state index contributed by atoms with van der Waals surface area (Å²) in [6.45, 7) is -0.309. The highest BCUT2D eigenvalue weighted by atomic mass is 32.1. The molecule has 1 fully saturated rings. The topological polar surface area (TPSA) is 79.4 Å². The molecule has 0 bridgehead atoms. The number of hydrogen-bond acceptors (Lipinski definition) is 5. The number of amides is 3. The molecule has 1 saturated heterocycles. The van der Waals surface area contributed by atoms with E-state index < -0.39 is 5.91 Å². The van der Waals surface area contributed by atoms with Crippen molar-refractivity contribution in [3.05, 3.63) is 47.6 Å². The number of likely N-dealkylation sites (tertiary alicyclic amines) is 1. The third-order valence-electron chi connectivity index (χ3n) is 4.79. The maximum atomic E-state index is 13.0. The summed E-state index contributed by atoms with van der Waals surface area (Å²) in [5, 5.41) is 4.73. The Kier molecular flexibility index (Phi) is 4.57. The van der Waals surface area contributed by atoms with E-state index in [2.05, 4.69) is 10.3 Å². The number of carbonyl (C=O) groups excluding carboxylic acids is 3. The molecule has 3 amide bonds. The maximum Gasteiger partial charge on any atom is 0.246 e. The summed E-state index contributed by atoms with van der Waals surface area (Å²) in [6.07, 6.45) is 4.90. The summed E-state index contributed by atoms with van der Waals surface area (Å²) in [4.78, 5) is 42.5. The van der Waals surface area contributed by atoms with Crippen LogP contribution < -0.4 is 5.32 Å². The zero-order valence-electron chi connectivity index (χ0n) is 14.2. The summed E-state index contributed by atoms with van der Waals surface area (Å²) in [7, 11) is 0. The van der Waals surface area contributed by atoms with E-state index in [9.17, 15) is 18.8 Å². The van der Waals surface area contributed by atoms with Gasteiger partial charge in [0.25, 0.3) is 0 Å². The zero-order chi connectivity index (χ0) is 19.0. The highest BCUT2D eigenvalue weighted by Gasteiger charge is 2.47. The van der Waals surface area contributed by atoms with Gasteiger partial charge in [0, 0.05) is 10.9 Å². The van der Waals surface area contributed by atoms with Crippen LogP contribution in [0.25, 0.3) is 11.3 Å². The van der Waals surface area contributed by atoms with Crippen molar-refractivity contribution in [3.8, 4) is 11.3 Å². The number of imide groups is 1. The van der Waals surface area contributed by atoms with Crippen molar-refractivity contribution in [2.45, 2.75) is 12.8 Å². The van der Waals surface area contributed by atoms with E-state index in [4.69, 9.17) is 0 Å². The molecule has 2 unspecified atom stereocenters. The lowest BCUT2D eigenvalue weighted by Gasteiger charge is -2.14. The third kappa shape index (κ3) is 3.40. The third-order valence-corrected chi connectivity index (χ3v) is 5.55. The van der Waals surface area contributed by atoms with E-state index in [-0.39, 0.29) is 36.0 Å². The van der Waals surface area contributed by atoms with Crippen molar-refractivity contribution in [2.24, 2.45) is 11.8 Å². The Hall–Kier alpha value is -2.87. The van der Waals surface area contributed by atoms with Crippen LogP contribution in [-0.2, 0) is 14.4 Å². The van der Waals surface area contributed by atoms with Crippen LogP contribution in [0, 0.1) is 17.7 Å². The number of hydrogen-bond donors (Lipinski definition) is 1. The first-order valence-corrected chi connectivity index (χ1v) is 9.42. The molecule has 27 heavy (non-hydrogen) atoms. The van der Waals surface area contributed by atoms with Gasteiger partial charge in [-0.25, -0.2) is 9.37 Å². The molecule has 2 heterocycles. The molecule has 0 radical (unpaired) electrons. The van der Waals surface area contributed by atoms with E-state index in [1.54, 1.807) is 17.5 Å². The first kappa shape index (κ1) is 17.5. The summed E-state index contributed by atoms with van der Waals surface area (Å²) >= 11 is 1.22. The predicted molar refractivity (Wildman–Crippen MR) is 98.2 cm³/mol. The van der Waals surface area contributed by atoms with Gasteiger partial charge in [-0.15, -0.1) is 11.3 Å². The molecule has 138 valence electrons. The molecule has 2 aromatic rings. The highest BCUT2D eigenvalue weighted by molar-refractivity contribution is 7.14. The molecule has 8 heteroatoms. The van der Waals surface area contributed by atoms with Gasteiger partial charge in [0.2, 0.25) is 17.7 Å². The average Bonchev–Trinajstić information content (AvgIpc) is 3.22.